The monoisotopic (exact) mass is 476 g/mol. The number of nitrogens with one attached hydrogen (secondary N) is 1. The first kappa shape index (κ1) is 24.6. The lowest BCUT2D eigenvalue weighted by Crippen LogP contribution is -2.53. The van der Waals surface area contributed by atoms with Gasteiger partial charge in [-0.2, -0.15) is 0 Å². The first-order valence-corrected chi connectivity index (χ1v) is 12.1. The van der Waals surface area contributed by atoms with Crippen molar-refractivity contribution in [2.24, 2.45) is 11.7 Å². The van der Waals surface area contributed by atoms with Crippen LogP contribution in [0.25, 0.3) is 0 Å². The van der Waals surface area contributed by atoms with E-state index >= 15 is 0 Å². The summed E-state index contributed by atoms with van der Waals surface area (Å²) in [5.74, 6) is -0.814. The third-order valence-corrected chi connectivity index (χ3v) is 6.75. The average molecular weight is 477 g/mol. The predicted molar refractivity (Wildman–Crippen MR) is 131 cm³/mol. The van der Waals surface area contributed by atoms with Crippen LogP contribution in [0, 0.1) is 5.92 Å². The van der Waals surface area contributed by atoms with E-state index in [0.29, 0.717) is 37.1 Å². The van der Waals surface area contributed by atoms with E-state index in [1.54, 1.807) is 58.3 Å². The molecule has 2 aromatic rings. The minimum absolute atomic E-state index is 0.0124. The summed E-state index contributed by atoms with van der Waals surface area (Å²) >= 11 is 0. The second-order valence-electron chi connectivity index (χ2n) is 9.65. The van der Waals surface area contributed by atoms with E-state index in [1.165, 1.54) is 0 Å². The fourth-order valence-electron chi connectivity index (χ4n) is 5.01. The Morgan fingerprint density at radius 1 is 1.00 bits per heavy atom. The molecule has 2 heterocycles. The third kappa shape index (κ3) is 5.12. The summed E-state index contributed by atoms with van der Waals surface area (Å²) in [6.45, 7) is 4.70. The molecule has 4 rings (SSSR count). The number of Topliss-reactive ketones (excluding diaryl/α,β-unsaturated/α-hetero) is 1. The Morgan fingerprint density at radius 3 is 2.31 bits per heavy atom. The minimum Gasteiger partial charge on any atom is -0.340 e. The Kier molecular flexibility index (Phi) is 7.31. The van der Waals surface area contributed by atoms with E-state index in [4.69, 9.17) is 5.73 Å². The van der Waals surface area contributed by atoms with Gasteiger partial charge in [0.2, 0.25) is 5.91 Å². The number of nitrogens with two attached hydrogens (primary N) is 1. The molecule has 8 heteroatoms. The highest BCUT2D eigenvalue weighted by molar-refractivity contribution is 6.03. The van der Waals surface area contributed by atoms with Gasteiger partial charge in [0.1, 0.15) is 12.1 Å². The van der Waals surface area contributed by atoms with Gasteiger partial charge in [0.25, 0.3) is 11.8 Å². The molecule has 8 nitrogen and oxygen atoms in total. The molecule has 0 bridgehead atoms. The number of ketones is 1. The molecular formula is C27H32N4O4. The van der Waals surface area contributed by atoms with E-state index in [-0.39, 0.29) is 42.0 Å². The van der Waals surface area contributed by atoms with Gasteiger partial charge in [-0.1, -0.05) is 44.2 Å². The molecule has 1 unspecified atom stereocenters. The van der Waals surface area contributed by atoms with Crippen LogP contribution in [0.5, 0.6) is 0 Å². The Labute approximate surface area is 205 Å². The highest BCUT2D eigenvalue weighted by Crippen LogP contribution is 2.31. The van der Waals surface area contributed by atoms with Gasteiger partial charge in [-0.05, 0) is 48.6 Å². The lowest BCUT2D eigenvalue weighted by Gasteiger charge is -2.29. The molecule has 2 fully saturated rings. The van der Waals surface area contributed by atoms with Crippen LogP contribution in [0.2, 0.25) is 0 Å². The van der Waals surface area contributed by atoms with Gasteiger partial charge in [-0.25, -0.2) is 0 Å². The molecule has 0 saturated carbocycles. The normalized spacial score (nSPS) is 20.2. The summed E-state index contributed by atoms with van der Waals surface area (Å²) in [7, 11) is 0. The van der Waals surface area contributed by atoms with Crippen molar-refractivity contribution in [3.8, 4) is 0 Å². The Hall–Kier alpha value is -3.52. The number of amides is 3. The van der Waals surface area contributed by atoms with Crippen LogP contribution in [0.1, 0.15) is 53.0 Å². The van der Waals surface area contributed by atoms with Crippen molar-refractivity contribution in [1.82, 2.24) is 15.1 Å². The van der Waals surface area contributed by atoms with Crippen molar-refractivity contribution in [2.75, 3.05) is 13.1 Å². The zero-order valence-corrected chi connectivity index (χ0v) is 20.1. The standard InChI is InChI=1S/C27H32N4O4/c1-17(2)14-21(29-25(33)19-10-8-18(15-28)9-11-19)27(35)30-13-12-22-24(30)23(32)16-31(22)26(34)20-6-4-3-5-7-20/h3-11,17,21-22,24H,12-16,28H2,1-2H3,(H,29,33)/t21-,22?,24-/m0/s1. The van der Waals surface area contributed by atoms with Gasteiger partial charge in [-0.15, -0.1) is 0 Å². The molecular weight excluding hydrogens is 444 g/mol. The van der Waals surface area contributed by atoms with Crippen molar-refractivity contribution < 1.29 is 19.2 Å². The Balaban J connectivity index is 1.50. The van der Waals surface area contributed by atoms with E-state index < -0.39 is 12.1 Å². The number of hydrogen-bond acceptors (Lipinski definition) is 5. The topological polar surface area (TPSA) is 113 Å². The Morgan fingerprint density at radius 2 is 1.69 bits per heavy atom. The molecule has 0 aliphatic carbocycles. The van der Waals surface area contributed by atoms with Crippen molar-refractivity contribution >= 4 is 23.5 Å². The number of rotatable bonds is 7. The zero-order valence-electron chi connectivity index (χ0n) is 20.1. The molecule has 0 spiro atoms. The van der Waals surface area contributed by atoms with Crippen LogP contribution in [0.4, 0.5) is 0 Å². The summed E-state index contributed by atoms with van der Waals surface area (Å²) in [4.78, 5) is 55.7. The fraction of sp³-hybridized carbons (Fsp3) is 0.407. The molecule has 2 saturated heterocycles. The van der Waals surface area contributed by atoms with Crippen LogP contribution in [-0.2, 0) is 16.1 Å². The van der Waals surface area contributed by atoms with E-state index in [9.17, 15) is 19.2 Å². The maximum absolute atomic E-state index is 13.6. The first-order chi connectivity index (χ1) is 16.8. The number of carbonyl (C=O) groups is 4. The maximum atomic E-state index is 13.6. The molecule has 184 valence electrons. The number of likely N-dealkylation sites (tertiary alicyclic amines) is 2. The zero-order chi connectivity index (χ0) is 25.1. The quantitative estimate of drug-likeness (QED) is 0.635. The SMILES string of the molecule is CC(C)C[C@H](NC(=O)c1ccc(CN)cc1)C(=O)N1CCC2[C@H]1C(=O)CN2C(=O)c1ccccc1. The number of nitrogens with zero attached hydrogens (tertiary/aromatic N) is 2. The van der Waals surface area contributed by atoms with Crippen LogP contribution in [0.3, 0.4) is 0 Å². The highest BCUT2D eigenvalue weighted by Gasteiger charge is 2.52. The number of fused-ring (bicyclic) bond motifs is 1. The van der Waals surface area contributed by atoms with E-state index in [1.807, 2.05) is 19.9 Å². The van der Waals surface area contributed by atoms with Gasteiger partial charge in [0.15, 0.2) is 5.78 Å². The van der Waals surface area contributed by atoms with Crippen molar-refractivity contribution in [1.29, 1.82) is 0 Å². The fourth-order valence-corrected chi connectivity index (χ4v) is 5.01. The lowest BCUT2D eigenvalue weighted by atomic mass is 10.0. The van der Waals surface area contributed by atoms with Gasteiger partial charge in [0.05, 0.1) is 12.6 Å². The first-order valence-electron chi connectivity index (χ1n) is 12.1. The van der Waals surface area contributed by atoms with Gasteiger partial charge in [-0.3, -0.25) is 19.2 Å². The minimum atomic E-state index is -0.762. The van der Waals surface area contributed by atoms with Crippen molar-refractivity contribution in [2.45, 2.75) is 51.4 Å². The predicted octanol–water partition coefficient (Wildman–Crippen LogP) is 1.98. The smallest absolute Gasteiger partial charge is 0.254 e. The van der Waals surface area contributed by atoms with Crippen molar-refractivity contribution in [3.05, 3.63) is 71.3 Å². The van der Waals surface area contributed by atoms with Gasteiger partial charge < -0.3 is 20.9 Å². The maximum Gasteiger partial charge on any atom is 0.254 e. The van der Waals surface area contributed by atoms with Crippen LogP contribution in [0.15, 0.2) is 54.6 Å². The molecule has 2 aliphatic rings. The average Bonchev–Trinajstić information content (AvgIpc) is 3.44. The molecule has 35 heavy (non-hydrogen) atoms. The van der Waals surface area contributed by atoms with Gasteiger partial charge in [0, 0.05) is 24.2 Å². The van der Waals surface area contributed by atoms with Crippen LogP contribution >= 0.6 is 0 Å². The number of carbonyl (C=O) groups excluding carboxylic acids is 4. The third-order valence-electron chi connectivity index (χ3n) is 6.75. The summed E-state index contributed by atoms with van der Waals surface area (Å²) in [6.07, 6.45) is 0.976. The number of benzene rings is 2. The van der Waals surface area contributed by atoms with E-state index in [0.717, 1.165) is 5.56 Å². The van der Waals surface area contributed by atoms with Gasteiger partial charge >= 0.3 is 0 Å². The summed E-state index contributed by atoms with van der Waals surface area (Å²) in [5, 5.41) is 2.88. The molecule has 0 radical (unpaired) electrons. The second kappa shape index (κ2) is 10.4. The van der Waals surface area contributed by atoms with Crippen molar-refractivity contribution in [3.63, 3.8) is 0 Å². The van der Waals surface area contributed by atoms with Crippen LogP contribution < -0.4 is 11.1 Å². The molecule has 3 amide bonds. The summed E-state index contributed by atoms with van der Waals surface area (Å²) in [6, 6.07) is 14.0. The van der Waals surface area contributed by atoms with E-state index in [2.05, 4.69) is 5.32 Å². The highest BCUT2D eigenvalue weighted by atomic mass is 16.2. The van der Waals surface area contributed by atoms with Crippen LogP contribution in [-0.4, -0.2) is 64.5 Å². The molecule has 0 aromatic heterocycles. The Bertz CT molecular complexity index is 1100. The molecule has 3 N–H and O–H groups in total. The molecule has 2 aliphatic heterocycles. The summed E-state index contributed by atoms with van der Waals surface area (Å²) in [5.41, 5.74) is 7.51. The lowest BCUT2D eigenvalue weighted by molar-refractivity contribution is -0.138. The largest absolute Gasteiger partial charge is 0.340 e. The summed E-state index contributed by atoms with van der Waals surface area (Å²) < 4.78 is 0. The molecule has 2 aromatic carbocycles. The second-order valence-corrected chi connectivity index (χ2v) is 9.65. The molecule has 3 atom stereocenters. The number of hydrogen-bond donors (Lipinski definition) is 2.